The summed E-state index contributed by atoms with van der Waals surface area (Å²) in [7, 11) is 1.79. The number of imidazole rings is 1. The minimum absolute atomic E-state index is 0.803. The third-order valence-electron chi connectivity index (χ3n) is 3.91. The standard InChI is InChI=1S/C18H26ClN5/c1-15-21-12-14-24(15)13-6-5-10-22-18(20-2)23-11-9-16-7-3-4-8-17(16)19/h3-4,7-8,12,14H,5-6,9-11,13H2,1-2H3,(H2,20,22,23). The molecule has 1 aromatic heterocycles. The molecule has 0 aliphatic rings. The molecule has 130 valence electrons. The Hall–Kier alpha value is -2.01. The number of nitrogens with zero attached hydrogens (tertiary/aromatic N) is 3. The van der Waals surface area contributed by atoms with Crippen LogP contribution >= 0.6 is 11.6 Å². The number of hydrogen-bond donors (Lipinski definition) is 2. The summed E-state index contributed by atoms with van der Waals surface area (Å²) in [5.74, 6) is 1.90. The van der Waals surface area contributed by atoms with E-state index in [1.54, 1.807) is 7.05 Å². The minimum Gasteiger partial charge on any atom is -0.356 e. The van der Waals surface area contributed by atoms with Gasteiger partial charge < -0.3 is 15.2 Å². The molecule has 2 aromatic rings. The van der Waals surface area contributed by atoms with Gasteiger partial charge in [0.05, 0.1) is 0 Å². The van der Waals surface area contributed by atoms with Crippen LogP contribution in [0.2, 0.25) is 5.02 Å². The van der Waals surface area contributed by atoms with E-state index in [0.717, 1.165) is 61.3 Å². The molecule has 0 radical (unpaired) electrons. The molecule has 1 aromatic carbocycles. The van der Waals surface area contributed by atoms with E-state index in [0.29, 0.717) is 0 Å². The molecule has 5 nitrogen and oxygen atoms in total. The second-order valence-electron chi connectivity index (χ2n) is 5.64. The van der Waals surface area contributed by atoms with Crippen LogP contribution in [0.5, 0.6) is 0 Å². The van der Waals surface area contributed by atoms with Crippen molar-refractivity contribution in [3.05, 3.63) is 53.1 Å². The Kier molecular flexibility index (Phi) is 7.62. The van der Waals surface area contributed by atoms with Gasteiger partial charge in [-0.25, -0.2) is 4.98 Å². The van der Waals surface area contributed by atoms with Crippen molar-refractivity contribution in [1.82, 2.24) is 20.2 Å². The molecule has 0 spiro atoms. The number of hydrogen-bond acceptors (Lipinski definition) is 2. The number of aryl methyl sites for hydroxylation is 2. The number of benzene rings is 1. The lowest BCUT2D eigenvalue weighted by Crippen LogP contribution is -2.38. The molecule has 0 aliphatic carbocycles. The Morgan fingerprint density at radius 3 is 2.71 bits per heavy atom. The summed E-state index contributed by atoms with van der Waals surface area (Å²) in [6, 6.07) is 7.94. The van der Waals surface area contributed by atoms with Crippen molar-refractivity contribution >= 4 is 17.6 Å². The summed E-state index contributed by atoms with van der Waals surface area (Å²) in [6.07, 6.45) is 6.94. The zero-order valence-corrected chi connectivity index (χ0v) is 15.2. The zero-order chi connectivity index (χ0) is 17.2. The van der Waals surface area contributed by atoms with Crippen LogP contribution < -0.4 is 10.6 Å². The predicted molar refractivity (Wildman–Crippen MR) is 101 cm³/mol. The van der Waals surface area contributed by atoms with E-state index in [1.807, 2.05) is 37.5 Å². The first-order valence-corrected chi connectivity index (χ1v) is 8.74. The van der Waals surface area contributed by atoms with E-state index in [9.17, 15) is 0 Å². The Morgan fingerprint density at radius 1 is 1.21 bits per heavy atom. The van der Waals surface area contributed by atoms with E-state index in [-0.39, 0.29) is 0 Å². The van der Waals surface area contributed by atoms with E-state index >= 15 is 0 Å². The Bertz CT molecular complexity index is 650. The molecule has 0 amide bonds. The maximum absolute atomic E-state index is 6.17. The van der Waals surface area contributed by atoms with Gasteiger partial charge in [0, 0.05) is 44.1 Å². The molecule has 0 unspecified atom stereocenters. The van der Waals surface area contributed by atoms with E-state index in [2.05, 4.69) is 31.2 Å². The molecular formula is C18H26ClN5. The lowest BCUT2D eigenvalue weighted by molar-refractivity contribution is 0.588. The zero-order valence-electron chi connectivity index (χ0n) is 14.4. The van der Waals surface area contributed by atoms with Gasteiger partial charge in [-0.15, -0.1) is 0 Å². The molecule has 6 heteroatoms. The van der Waals surface area contributed by atoms with Crippen LogP contribution in [-0.2, 0) is 13.0 Å². The number of halogens is 1. The van der Waals surface area contributed by atoms with Crippen molar-refractivity contribution < 1.29 is 0 Å². The lowest BCUT2D eigenvalue weighted by atomic mass is 10.1. The first-order valence-electron chi connectivity index (χ1n) is 8.36. The highest BCUT2D eigenvalue weighted by atomic mass is 35.5. The van der Waals surface area contributed by atoms with Gasteiger partial charge >= 0.3 is 0 Å². The molecule has 24 heavy (non-hydrogen) atoms. The molecule has 0 saturated carbocycles. The van der Waals surface area contributed by atoms with E-state index in [1.165, 1.54) is 0 Å². The number of unbranched alkanes of at least 4 members (excludes halogenated alkanes) is 1. The van der Waals surface area contributed by atoms with Crippen LogP contribution in [0.3, 0.4) is 0 Å². The van der Waals surface area contributed by atoms with Gasteiger partial charge in [0.2, 0.25) is 0 Å². The van der Waals surface area contributed by atoms with Crippen LogP contribution in [0, 0.1) is 6.92 Å². The largest absolute Gasteiger partial charge is 0.356 e. The van der Waals surface area contributed by atoms with Crippen LogP contribution in [0.1, 0.15) is 24.2 Å². The Balaban J connectivity index is 1.60. The number of aliphatic imine (C=N–C) groups is 1. The highest BCUT2D eigenvalue weighted by Crippen LogP contribution is 2.14. The number of nitrogens with one attached hydrogen (secondary N) is 2. The predicted octanol–water partition coefficient (Wildman–Crippen LogP) is 3.03. The number of rotatable bonds is 8. The van der Waals surface area contributed by atoms with Gasteiger partial charge in [-0.1, -0.05) is 29.8 Å². The van der Waals surface area contributed by atoms with Crippen molar-refractivity contribution in [2.24, 2.45) is 4.99 Å². The summed E-state index contributed by atoms with van der Waals surface area (Å²) in [5, 5.41) is 7.49. The number of guanidine groups is 1. The summed E-state index contributed by atoms with van der Waals surface area (Å²) < 4.78 is 2.18. The normalized spacial score (nSPS) is 11.5. The van der Waals surface area contributed by atoms with Crippen LogP contribution in [0.25, 0.3) is 0 Å². The fraction of sp³-hybridized carbons (Fsp3) is 0.444. The topological polar surface area (TPSA) is 54.2 Å². The molecule has 0 aliphatic heterocycles. The molecule has 0 saturated heterocycles. The van der Waals surface area contributed by atoms with Crippen molar-refractivity contribution in [3.8, 4) is 0 Å². The smallest absolute Gasteiger partial charge is 0.190 e. The third kappa shape index (κ3) is 5.89. The Labute approximate surface area is 149 Å². The maximum atomic E-state index is 6.17. The van der Waals surface area contributed by atoms with Crippen LogP contribution in [0.15, 0.2) is 41.7 Å². The summed E-state index contributed by atoms with van der Waals surface area (Å²) >= 11 is 6.17. The molecule has 0 atom stereocenters. The summed E-state index contributed by atoms with van der Waals surface area (Å²) in [5.41, 5.74) is 1.15. The highest BCUT2D eigenvalue weighted by Gasteiger charge is 2.01. The molecule has 0 fully saturated rings. The van der Waals surface area contributed by atoms with Gasteiger partial charge in [-0.3, -0.25) is 4.99 Å². The highest BCUT2D eigenvalue weighted by molar-refractivity contribution is 6.31. The van der Waals surface area contributed by atoms with Crippen molar-refractivity contribution in [2.45, 2.75) is 32.7 Å². The first-order chi connectivity index (χ1) is 11.7. The molecule has 2 N–H and O–H groups in total. The van der Waals surface area contributed by atoms with Gasteiger partial charge in [0.15, 0.2) is 5.96 Å². The second kappa shape index (κ2) is 9.98. The lowest BCUT2D eigenvalue weighted by Gasteiger charge is -2.12. The number of aromatic nitrogens is 2. The fourth-order valence-electron chi connectivity index (χ4n) is 2.49. The van der Waals surface area contributed by atoms with Crippen LogP contribution in [0.4, 0.5) is 0 Å². The van der Waals surface area contributed by atoms with Crippen LogP contribution in [-0.4, -0.2) is 35.6 Å². The van der Waals surface area contributed by atoms with E-state index < -0.39 is 0 Å². The average Bonchev–Trinajstić information content (AvgIpc) is 2.99. The van der Waals surface area contributed by atoms with Crippen molar-refractivity contribution in [3.63, 3.8) is 0 Å². The summed E-state index contributed by atoms with van der Waals surface area (Å²) in [6.45, 7) is 4.74. The summed E-state index contributed by atoms with van der Waals surface area (Å²) in [4.78, 5) is 8.48. The molecule has 2 rings (SSSR count). The molecule has 1 heterocycles. The fourth-order valence-corrected chi connectivity index (χ4v) is 2.72. The quantitative estimate of drug-likeness (QED) is 0.438. The van der Waals surface area contributed by atoms with E-state index in [4.69, 9.17) is 11.6 Å². The first kappa shape index (κ1) is 18.3. The molecular weight excluding hydrogens is 322 g/mol. The Morgan fingerprint density at radius 2 is 2.00 bits per heavy atom. The van der Waals surface area contributed by atoms with Gasteiger partial charge in [-0.05, 0) is 37.8 Å². The molecule has 0 bridgehead atoms. The van der Waals surface area contributed by atoms with Gasteiger partial charge in [0.1, 0.15) is 5.82 Å². The van der Waals surface area contributed by atoms with Gasteiger partial charge in [-0.2, -0.15) is 0 Å². The average molecular weight is 348 g/mol. The monoisotopic (exact) mass is 347 g/mol. The minimum atomic E-state index is 0.803. The second-order valence-corrected chi connectivity index (χ2v) is 6.05. The van der Waals surface area contributed by atoms with Gasteiger partial charge in [0.25, 0.3) is 0 Å². The maximum Gasteiger partial charge on any atom is 0.190 e. The third-order valence-corrected chi connectivity index (χ3v) is 4.28. The SMILES string of the molecule is CN=C(NCCCCn1ccnc1C)NCCc1ccccc1Cl. The van der Waals surface area contributed by atoms with Crippen molar-refractivity contribution in [1.29, 1.82) is 0 Å². The van der Waals surface area contributed by atoms with Crippen molar-refractivity contribution in [2.75, 3.05) is 20.1 Å².